The average molecular weight is 309 g/mol. The molecule has 2 aromatic heterocycles. The Morgan fingerprint density at radius 3 is 2.65 bits per heavy atom. The molecule has 0 N–H and O–H groups in total. The molecule has 2 heterocycles. The number of rotatable bonds is 1. The number of hydrogen-bond donors (Lipinski definition) is 0. The van der Waals surface area contributed by atoms with Gasteiger partial charge in [-0.3, -0.25) is 0 Å². The van der Waals surface area contributed by atoms with E-state index >= 15 is 0 Å². The van der Waals surface area contributed by atoms with Gasteiger partial charge in [-0.15, -0.1) is 0 Å². The molecule has 80 valence electrons. The van der Waals surface area contributed by atoms with Gasteiger partial charge in [0.05, 0.1) is 0 Å². The van der Waals surface area contributed by atoms with Gasteiger partial charge in [-0.1, -0.05) is 35.6 Å². The number of hydrogen-bond acceptors (Lipinski definition) is 4. The fraction of sp³-hybridized carbons (Fsp3) is 0. The second-order valence-electron chi connectivity index (χ2n) is 3.34. The van der Waals surface area contributed by atoms with Crippen molar-refractivity contribution in [1.82, 2.24) is 9.97 Å². The zero-order valence-electron chi connectivity index (χ0n) is 8.96. The van der Waals surface area contributed by atoms with Crippen molar-refractivity contribution in [2.45, 2.75) is 4.90 Å². The first-order valence-corrected chi connectivity index (χ1v) is 6.05. The Morgan fingerprint density at radius 1 is 1.06 bits per heavy atom. The van der Waals surface area contributed by atoms with Gasteiger partial charge in [0.1, 0.15) is 15.4 Å². The third-order valence-electron chi connectivity index (χ3n) is 2.28. The molecule has 0 saturated carbocycles. The van der Waals surface area contributed by atoms with Crippen molar-refractivity contribution in [3.05, 3.63) is 42.6 Å². The SMILES string of the molecule is [S-]c1ccccc1-c1nc2cccnc2s1.[Zn]. The van der Waals surface area contributed by atoms with Crippen LogP contribution in [0.3, 0.4) is 0 Å². The van der Waals surface area contributed by atoms with Crippen LogP contribution in [-0.4, -0.2) is 9.97 Å². The van der Waals surface area contributed by atoms with Crippen LogP contribution in [0, 0.1) is 0 Å². The maximum atomic E-state index is 5.28. The van der Waals surface area contributed by atoms with Crippen LogP contribution in [0.4, 0.5) is 0 Å². The second-order valence-corrected chi connectivity index (χ2v) is 4.76. The standard InChI is InChI=1S/C12H8N2S2.Zn/c15-10-6-2-1-4-8(10)11-14-9-5-3-7-13-12(9)16-11;/h1-7,15H;/p-1. The van der Waals surface area contributed by atoms with Crippen molar-refractivity contribution < 1.29 is 19.5 Å². The zero-order chi connectivity index (χ0) is 11.0. The van der Waals surface area contributed by atoms with Crippen LogP contribution in [0.25, 0.3) is 20.9 Å². The summed E-state index contributed by atoms with van der Waals surface area (Å²) in [6.07, 6.45) is 1.78. The monoisotopic (exact) mass is 307 g/mol. The summed E-state index contributed by atoms with van der Waals surface area (Å²) >= 11 is 6.86. The largest absolute Gasteiger partial charge is 0.779 e. The fourth-order valence-corrected chi connectivity index (χ4v) is 2.78. The van der Waals surface area contributed by atoms with Gasteiger partial charge in [0.25, 0.3) is 0 Å². The summed E-state index contributed by atoms with van der Waals surface area (Å²) in [6.45, 7) is 0. The van der Waals surface area contributed by atoms with E-state index in [1.807, 2.05) is 36.4 Å². The molecule has 0 amide bonds. The molecule has 0 spiro atoms. The smallest absolute Gasteiger partial charge is 0.143 e. The maximum Gasteiger partial charge on any atom is 0.143 e. The Labute approximate surface area is 121 Å². The van der Waals surface area contributed by atoms with Gasteiger partial charge in [0.2, 0.25) is 0 Å². The quantitative estimate of drug-likeness (QED) is 0.510. The number of aromatic nitrogens is 2. The molecule has 0 bridgehead atoms. The molecular weight excluding hydrogens is 302 g/mol. The minimum atomic E-state index is 0. The summed E-state index contributed by atoms with van der Waals surface area (Å²) < 4.78 is 0. The second kappa shape index (κ2) is 5.17. The summed E-state index contributed by atoms with van der Waals surface area (Å²) in [5.74, 6) is 0. The molecule has 0 saturated heterocycles. The molecule has 0 atom stereocenters. The molecule has 1 aromatic carbocycles. The topological polar surface area (TPSA) is 25.8 Å². The number of thiazole rings is 1. The van der Waals surface area contributed by atoms with Crippen LogP contribution < -0.4 is 0 Å². The van der Waals surface area contributed by atoms with Gasteiger partial charge in [0.15, 0.2) is 0 Å². The van der Waals surface area contributed by atoms with E-state index in [2.05, 4.69) is 9.97 Å². The average Bonchev–Trinajstić information content (AvgIpc) is 2.73. The Balaban J connectivity index is 0.00000108. The molecule has 0 fully saturated rings. The van der Waals surface area contributed by atoms with Crippen molar-refractivity contribution in [3.8, 4) is 10.6 Å². The molecule has 0 radical (unpaired) electrons. The van der Waals surface area contributed by atoms with Crippen LogP contribution in [-0.2, 0) is 32.1 Å². The van der Waals surface area contributed by atoms with Gasteiger partial charge in [-0.05, 0) is 17.7 Å². The summed E-state index contributed by atoms with van der Waals surface area (Å²) in [6, 6.07) is 11.7. The minimum Gasteiger partial charge on any atom is -0.779 e. The van der Waals surface area contributed by atoms with Crippen molar-refractivity contribution in [3.63, 3.8) is 0 Å². The normalized spacial score (nSPS) is 10.1. The maximum absolute atomic E-state index is 5.28. The van der Waals surface area contributed by atoms with E-state index in [4.69, 9.17) is 12.6 Å². The minimum absolute atomic E-state index is 0. The van der Waals surface area contributed by atoms with Crippen molar-refractivity contribution in [2.24, 2.45) is 0 Å². The molecule has 5 heteroatoms. The predicted molar refractivity (Wildman–Crippen MR) is 68.5 cm³/mol. The van der Waals surface area contributed by atoms with E-state index in [-0.39, 0.29) is 19.5 Å². The van der Waals surface area contributed by atoms with E-state index in [1.165, 1.54) is 0 Å². The number of pyridine rings is 1. The molecule has 0 aliphatic heterocycles. The van der Waals surface area contributed by atoms with Gasteiger partial charge in [-0.2, -0.15) is 4.90 Å². The number of fused-ring (bicyclic) bond motifs is 1. The van der Waals surface area contributed by atoms with Gasteiger partial charge >= 0.3 is 0 Å². The van der Waals surface area contributed by atoms with Crippen molar-refractivity contribution in [1.29, 1.82) is 0 Å². The fourth-order valence-electron chi connectivity index (χ4n) is 1.53. The van der Waals surface area contributed by atoms with E-state index in [0.29, 0.717) is 0 Å². The van der Waals surface area contributed by atoms with E-state index in [0.717, 1.165) is 25.8 Å². The first-order chi connectivity index (χ1) is 7.84. The van der Waals surface area contributed by atoms with Crippen molar-refractivity contribution >= 4 is 34.3 Å². The van der Waals surface area contributed by atoms with E-state index < -0.39 is 0 Å². The Bertz CT molecular complexity index is 619. The molecule has 3 rings (SSSR count). The first kappa shape index (κ1) is 12.6. The van der Waals surface area contributed by atoms with Crippen LogP contribution in [0.1, 0.15) is 0 Å². The predicted octanol–water partition coefficient (Wildman–Crippen LogP) is 3.26. The molecular formula is C12H7N2S2Zn-. The van der Waals surface area contributed by atoms with Crippen molar-refractivity contribution in [2.75, 3.05) is 0 Å². The van der Waals surface area contributed by atoms with Gasteiger partial charge < -0.3 is 12.6 Å². The van der Waals surface area contributed by atoms with Crippen LogP contribution in [0.5, 0.6) is 0 Å². The molecule has 3 aromatic rings. The third-order valence-corrected chi connectivity index (χ3v) is 3.65. The summed E-state index contributed by atoms with van der Waals surface area (Å²) in [5, 5.41) is 0.944. The molecule has 2 nitrogen and oxygen atoms in total. The van der Waals surface area contributed by atoms with Gasteiger partial charge in [0, 0.05) is 25.7 Å². The third kappa shape index (κ3) is 2.37. The molecule has 0 aliphatic rings. The first-order valence-electron chi connectivity index (χ1n) is 4.82. The number of benzene rings is 1. The summed E-state index contributed by atoms with van der Waals surface area (Å²) in [5.41, 5.74) is 1.95. The molecule has 0 unspecified atom stereocenters. The van der Waals surface area contributed by atoms with E-state index in [9.17, 15) is 0 Å². The van der Waals surface area contributed by atoms with Crippen LogP contribution >= 0.6 is 11.3 Å². The Morgan fingerprint density at radius 2 is 1.88 bits per heavy atom. The van der Waals surface area contributed by atoms with Crippen LogP contribution in [0.2, 0.25) is 0 Å². The number of nitrogens with zero attached hydrogens (tertiary/aromatic N) is 2. The Kier molecular flexibility index (Phi) is 3.82. The molecule has 17 heavy (non-hydrogen) atoms. The Hall–Kier alpha value is -0.897. The van der Waals surface area contributed by atoms with Crippen LogP contribution in [0.15, 0.2) is 47.5 Å². The van der Waals surface area contributed by atoms with Gasteiger partial charge in [-0.25, -0.2) is 9.97 Å². The summed E-state index contributed by atoms with van der Waals surface area (Å²) in [7, 11) is 0. The van der Waals surface area contributed by atoms with E-state index in [1.54, 1.807) is 17.5 Å². The summed E-state index contributed by atoms with van der Waals surface area (Å²) in [4.78, 5) is 10.6. The molecule has 0 aliphatic carbocycles. The zero-order valence-corrected chi connectivity index (χ0v) is 13.6.